The van der Waals surface area contributed by atoms with Gasteiger partial charge < -0.3 is 20.5 Å². The Kier molecular flexibility index (Phi) is 7.69. The Balaban J connectivity index is 1.77. The Morgan fingerprint density at radius 1 is 1.24 bits per heavy atom. The lowest BCUT2D eigenvalue weighted by atomic mass is 10.3. The molecule has 1 unspecified atom stereocenters. The molecule has 2 rings (SSSR count). The van der Waals surface area contributed by atoms with Gasteiger partial charge in [-0.2, -0.15) is 0 Å². The molecular weight excluding hydrogens is 341 g/mol. The molecule has 1 aromatic carbocycles. The van der Waals surface area contributed by atoms with Crippen LogP contribution in [0.1, 0.15) is 16.7 Å². The number of rotatable bonds is 8. The van der Waals surface area contributed by atoms with Crippen LogP contribution in [-0.4, -0.2) is 36.9 Å². The van der Waals surface area contributed by atoms with Crippen LogP contribution in [0.2, 0.25) is 0 Å². The molecule has 25 heavy (non-hydrogen) atoms. The number of thiophene rings is 1. The minimum atomic E-state index is -0.710. The molecule has 5 nitrogen and oxygen atoms in total. The van der Waals surface area contributed by atoms with Gasteiger partial charge in [-0.25, -0.2) is 9.38 Å². The lowest BCUT2D eigenvalue weighted by Crippen LogP contribution is -2.42. The van der Waals surface area contributed by atoms with Crippen molar-refractivity contribution in [2.75, 3.05) is 19.7 Å². The number of hydrogen-bond acceptors (Lipinski definition) is 4. The zero-order valence-corrected chi connectivity index (χ0v) is 15.3. The summed E-state index contributed by atoms with van der Waals surface area (Å²) in [5.41, 5.74) is 0. The van der Waals surface area contributed by atoms with Crippen molar-refractivity contribution < 1.29 is 14.2 Å². The quantitative estimate of drug-likeness (QED) is 0.497. The van der Waals surface area contributed by atoms with E-state index in [0.29, 0.717) is 24.8 Å². The number of nitrogens with one attached hydrogen (secondary N) is 2. The highest BCUT2D eigenvalue weighted by Gasteiger charge is 2.07. The third kappa shape index (κ3) is 7.11. The molecule has 1 aromatic heterocycles. The predicted octanol–water partition coefficient (Wildman–Crippen LogP) is 2.69. The minimum Gasteiger partial charge on any atom is -0.491 e. The van der Waals surface area contributed by atoms with E-state index in [2.05, 4.69) is 34.7 Å². The molecule has 2 aromatic rings. The van der Waals surface area contributed by atoms with Crippen LogP contribution >= 0.6 is 11.3 Å². The van der Waals surface area contributed by atoms with Gasteiger partial charge in [0.05, 0.1) is 6.54 Å². The van der Waals surface area contributed by atoms with Crippen LogP contribution in [-0.2, 0) is 6.54 Å². The lowest BCUT2D eigenvalue weighted by Gasteiger charge is -2.16. The predicted molar refractivity (Wildman–Crippen MR) is 99.8 cm³/mol. The summed E-state index contributed by atoms with van der Waals surface area (Å²) in [7, 11) is 0. The van der Waals surface area contributed by atoms with Gasteiger partial charge >= 0.3 is 0 Å². The number of ether oxygens (including phenoxy) is 1. The number of aliphatic hydroxyl groups is 1. The monoisotopic (exact) mass is 365 g/mol. The second kappa shape index (κ2) is 10.0. The molecular formula is C18H24FN3O2S. The third-order valence-electron chi connectivity index (χ3n) is 3.29. The normalized spacial score (nSPS) is 12.7. The standard InChI is InChI=1S/C18H24FN3O2S/c1-3-20-18(22-11-17-9-4-13(2)25-17)21-10-15(23)12-24-16-7-5-14(19)6-8-16/h4-9,15,23H,3,10-12H2,1-2H3,(H2,20,21,22). The first-order valence-corrected chi connectivity index (χ1v) is 9.02. The Hall–Kier alpha value is -2.12. The minimum absolute atomic E-state index is 0.113. The fourth-order valence-electron chi connectivity index (χ4n) is 2.07. The lowest BCUT2D eigenvalue weighted by molar-refractivity contribution is 0.110. The summed E-state index contributed by atoms with van der Waals surface area (Å²) < 4.78 is 18.3. The zero-order chi connectivity index (χ0) is 18.1. The molecule has 0 aliphatic carbocycles. The maximum Gasteiger partial charge on any atom is 0.191 e. The van der Waals surface area contributed by atoms with Crippen LogP contribution in [0.5, 0.6) is 5.75 Å². The van der Waals surface area contributed by atoms with Gasteiger partial charge in [0.25, 0.3) is 0 Å². The van der Waals surface area contributed by atoms with Gasteiger partial charge in [0.1, 0.15) is 24.3 Å². The number of nitrogens with zero attached hydrogens (tertiary/aromatic N) is 1. The molecule has 0 amide bonds. The largest absolute Gasteiger partial charge is 0.491 e. The summed E-state index contributed by atoms with van der Waals surface area (Å²) in [5, 5.41) is 16.3. The second-order valence-corrected chi connectivity index (χ2v) is 6.88. The SMILES string of the molecule is CCNC(=NCc1ccc(C)s1)NCC(O)COc1ccc(F)cc1. The second-order valence-electron chi connectivity index (χ2n) is 5.51. The van der Waals surface area contributed by atoms with Crippen molar-refractivity contribution in [1.29, 1.82) is 0 Å². The number of aryl methyl sites for hydroxylation is 1. The number of aliphatic imine (C=N–C) groups is 1. The fourth-order valence-corrected chi connectivity index (χ4v) is 2.88. The Morgan fingerprint density at radius 2 is 2.00 bits per heavy atom. The molecule has 0 saturated heterocycles. The van der Waals surface area contributed by atoms with Crippen molar-refractivity contribution in [3.63, 3.8) is 0 Å². The maximum atomic E-state index is 12.8. The molecule has 0 aliphatic heterocycles. The van der Waals surface area contributed by atoms with Crippen LogP contribution in [0.15, 0.2) is 41.4 Å². The average Bonchev–Trinajstić information content (AvgIpc) is 3.02. The van der Waals surface area contributed by atoms with Crippen molar-refractivity contribution in [3.8, 4) is 5.75 Å². The smallest absolute Gasteiger partial charge is 0.191 e. The Bertz CT molecular complexity index is 673. The first-order chi connectivity index (χ1) is 12.1. The van der Waals surface area contributed by atoms with Gasteiger partial charge in [-0.05, 0) is 50.2 Å². The van der Waals surface area contributed by atoms with Crippen LogP contribution in [0.25, 0.3) is 0 Å². The van der Waals surface area contributed by atoms with Gasteiger partial charge in [0.15, 0.2) is 5.96 Å². The number of halogens is 1. The average molecular weight is 365 g/mol. The van der Waals surface area contributed by atoms with Crippen molar-refractivity contribution in [2.24, 2.45) is 4.99 Å². The molecule has 3 N–H and O–H groups in total. The summed E-state index contributed by atoms with van der Waals surface area (Å²) in [5.74, 6) is 0.852. The number of benzene rings is 1. The van der Waals surface area contributed by atoms with Gasteiger partial charge in [0, 0.05) is 22.8 Å². The molecule has 0 spiro atoms. The number of hydrogen-bond donors (Lipinski definition) is 3. The zero-order valence-electron chi connectivity index (χ0n) is 14.5. The molecule has 0 aliphatic rings. The van der Waals surface area contributed by atoms with Crippen LogP contribution in [0.4, 0.5) is 4.39 Å². The highest BCUT2D eigenvalue weighted by Crippen LogP contribution is 2.15. The first kappa shape index (κ1) is 19.2. The van der Waals surface area contributed by atoms with E-state index in [0.717, 1.165) is 6.54 Å². The third-order valence-corrected chi connectivity index (χ3v) is 4.28. The maximum absolute atomic E-state index is 12.8. The van der Waals surface area contributed by atoms with Gasteiger partial charge in [-0.15, -0.1) is 11.3 Å². The molecule has 0 bridgehead atoms. The van der Waals surface area contributed by atoms with E-state index < -0.39 is 6.10 Å². The molecule has 136 valence electrons. The number of aliphatic hydroxyl groups excluding tert-OH is 1. The highest BCUT2D eigenvalue weighted by molar-refractivity contribution is 7.11. The van der Waals surface area contributed by atoms with Gasteiger partial charge in [-0.3, -0.25) is 0 Å². The molecule has 0 radical (unpaired) electrons. The van der Waals surface area contributed by atoms with E-state index in [1.165, 1.54) is 34.0 Å². The Morgan fingerprint density at radius 3 is 2.64 bits per heavy atom. The van der Waals surface area contributed by atoms with Crippen LogP contribution in [0.3, 0.4) is 0 Å². The van der Waals surface area contributed by atoms with Gasteiger partial charge in [-0.1, -0.05) is 0 Å². The fraction of sp³-hybridized carbons (Fsp3) is 0.389. The molecule has 1 atom stereocenters. The van der Waals surface area contributed by atoms with Crippen LogP contribution < -0.4 is 15.4 Å². The van der Waals surface area contributed by atoms with E-state index in [-0.39, 0.29) is 12.4 Å². The molecule has 0 fully saturated rings. The van der Waals surface area contributed by atoms with E-state index in [4.69, 9.17) is 4.74 Å². The Labute approximate surface area is 151 Å². The topological polar surface area (TPSA) is 65.9 Å². The molecule has 0 saturated carbocycles. The highest BCUT2D eigenvalue weighted by atomic mass is 32.1. The van der Waals surface area contributed by atoms with E-state index in [9.17, 15) is 9.50 Å². The molecule has 1 heterocycles. The molecule has 7 heteroatoms. The summed E-state index contributed by atoms with van der Waals surface area (Å²) >= 11 is 1.72. The van der Waals surface area contributed by atoms with Crippen molar-refractivity contribution in [1.82, 2.24) is 10.6 Å². The van der Waals surface area contributed by atoms with Crippen molar-refractivity contribution in [2.45, 2.75) is 26.5 Å². The van der Waals surface area contributed by atoms with Gasteiger partial charge in [0.2, 0.25) is 0 Å². The van der Waals surface area contributed by atoms with Crippen LogP contribution in [0, 0.1) is 12.7 Å². The van der Waals surface area contributed by atoms with Crippen molar-refractivity contribution >= 4 is 17.3 Å². The summed E-state index contributed by atoms with van der Waals surface area (Å²) in [6.07, 6.45) is -0.710. The van der Waals surface area contributed by atoms with Crippen molar-refractivity contribution in [3.05, 3.63) is 52.0 Å². The summed E-state index contributed by atoms with van der Waals surface area (Å²) in [6.45, 7) is 5.80. The van der Waals surface area contributed by atoms with E-state index >= 15 is 0 Å². The first-order valence-electron chi connectivity index (χ1n) is 8.20. The van der Waals surface area contributed by atoms with E-state index in [1.54, 1.807) is 11.3 Å². The summed E-state index contributed by atoms with van der Waals surface area (Å²) in [4.78, 5) is 6.96. The van der Waals surface area contributed by atoms with E-state index in [1.807, 2.05) is 6.92 Å². The number of guanidine groups is 1. The summed E-state index contributed by atoms with van der Waals surface area (Å²) in [6, 6.07) is 9.85.